The third kappa shape index (κ3) is 7.76. The van der Waals surface area contributed by atoms with Gasteiger partial charge in [0.1, 0.15) is 0 Å². The van der Waals surface area contributed by atoms with Crippen molar-refractivity contribution < 1.29 is 31.0 Å². The first-order valence-corrected chi connectivity index (χ1v) is 18.8. The van der Waals surface area contributed by atoms with Gasteiger partial charge >= 0.3 is 149 Å². The van der Waals surface area contributed by atoms with Gasteiger partial charge in [0.2, 0.25) is 0 Å². The number of aliphatic hydroxyl groups excluding tert-OH is 1. The number of hydrogen-bond donors (Lipinski definition) is 2. The van der Waals surface area contributed by atoms with Crippen LogP contribution in [0.3, 0.4) is 0 Å². The molecule has 36 heavy (non-hydrogen) atoms. The van der Waals surface area contributed by atoms with Crippen LogP contribution in [0, 0.1) is 41.4 Å². The van der Waals surface area contributed by atoms with Crippen LogP contribution in [0.25, 0.3) is 0 Å². The molecule has 3 aliphatic carbocycles. The number of halogens is 1. The summed E-state index contributed by atoms with van der Waals surface area (Å²) in [4.78, 5) is 1.63. The van der Waals surface area contributed by atoms with Crippen LogP contribution < -0.4 is 26.5 Å². The summed E-state index contributed by atoms with van der Waals surface area (Å²) in [5.41, 5.74) is 1.76. The fourth-order valence-electron chi connectivity index (χ4n) is 7.80. The maximum atomic E-state index is 10.4. The number of hydrogen-bond acceptors (Lipinski definition) is 4. The zero-order chi connectivity index (χ0) is 25.7. The Hall–Kier alpha value is 0.440. The molecule has 4 rings (SSSR count). The minimum absolute atomic E-state index is 0.00762. The van der Waals surface area contributed by atoms with Crippen molar-refractivity contribution in [3.05, 3.63) is 22.6 Å². The van der Waals surface area contributed by atoms with Crippen LogP contribution in [0.5, 0.6) is 0 Å². The molecule has 2 N–H and O–H groups in total. The first-order chi connectivity index (χ1) is 17.4. The van der Waals surface area contributed by atoms with E-state index in [9.17, 15) is 5.11 Å². The Labute approximate surface area is 236 Å². The number of allylic oxidation sites excluding steroid dienone is 2. The molecule has 0 aromatic carbocycles. The molecule has 0 bridgehead atoms. The van der Waals surface area contributed by atoms with Gasteiger partial charge in [-0.2, -0.15) is 0 Å². The third-order valence-electron chi connectivity index (χ3n) is 9.24. The first kappa shape index (κ1) is 29.4. The molecule has 8 atom stereocenters. The number of thioether (sulfide) groups is 1. The van der Waals surface area contributed by atoms with E-state index in [0.29, 0.717) is 24.0 Å². The standard InChI is InChI=1S/C31H53INO2S/c1-6-10-35-27-13-21(4)31(22(5)14-27)24-12-20(3)11-23(15-24)18-33-26-8-9-28-25(16-30(34)32-7-2)19-36-29(28)17-26/h15,17,20-23,25-28,30-31,33-34H,6-14,16,18-19H2,1-5H3/q-1. The smallest absolute Gasteiger partial charge is 0.0622 e. The van der Waals surface area contributed by atoms with E-state index in [1.807, 2.05) is 0 Å². The van der Waals surface area contributed by atoms with E-state index in [-0.39, 0.29) is 25.3 Å². The van der Waals surface area contributed by atoms with E-state index in [1.165, 1.54) is 48.7 Å². The molecule has 0 aromatic heterocycles. The summed E-state index contributed by atoms with van der Waals surface area (Å²) < 4.78 is 7.38. The Morgan fingerprint density at radius 2 is 1.89 bits per heavy atom. The molecule has 208 valence electrons. The second-order valence-electron chi connectivity index (χ2n) is 12.4. The van der Waals surface area contributed by atoms with Gasteiger partial charge in [-0.3, -0.25) is 0 Å². The average Bonchev–Trinajstić information content (AvgIpc) is 3.22. The summed E-state index contributed by atoms with van der Waals surface area (Å²) in [6.07, 6.45) is 15.6. The second kappa shape index (κ2) is 14.2. The van der Waals surface area contributed by atoms with E-state index < -0.39 is 0 Å². The van der Waals surface area contributed by atoms with Gasteiger partial charge in [-0.25, -0.2) is 0 Å². The molecular formula is C31H53INO2S-. The van der Waals surface area contributed by atoms with Crippen LogP contribution in [-0.2, 0) is 4.74 Å². The summed E-state index contributed by atoms with van der Waals surface area (Å²) >= 11 is 2.06. The van der Waals surface area contributed by atoms with Gasteiger partial charge in [-0.05, 0) is 43.4 Å². The summed E-state index contributed by atoms with van der Waals surface area (Å²) in [5.74, 6) is 6.32. The van der Waals surface area contributed by atoms with Crippen molar-refractivity contribution in [3.8, 4) is 0 Å². The van der Waals surface area contributed by atoms with Crippen LogP contribution >= 0.6 is 11.8 Å². The van der Waals surface area contributed by atoms with Gasteiger partial charge < -0.3 is 4.74 Å². The fourth-order valence-corrected chi connectivity index (χ4v) is 11.4. The number of nitrogens with one attached hydrogen (secondary N) is 1. The van der Waals surface area contributed by atoms with E-state index in [2.05, 4.69) is 63.8 Å². The maximum absolute atomic E-state index is 10.4. The van der Waals surface area contributed by atoms with Gasteiger partial charge in [0, 0.05) is 6.61 Å². The van der Waals surface area contributed by atoms with Crippen molar-refractivity contribution in [1.82, 2.24) is 5.32 Å². The van der Waals surface area contributed by atoms with Crippen molar-refractivity contribution >= 4 is 11.8 Å². The van der Waals surface area contributed by atoms with Gasteiger partial charge in [0.15, 0.2) is 0 Å². The molecule has 1 heterocycles. The van der Waals surface area contributed by atoms with Gasteiger partial charge in [0.25, 0.3) is 0 Å². The molecule has 1 aliphatic heterocycles. The minimum atomic E-state index is -0.0230. The van der Waals surface area contributed by atoms with E-state index in [4.69, 9.17) is 4.74 Å². The van der Waals surface area contributed by atoms with Gasteiger partial charge in [0.05, 0.1) is 6.10 Å². The predicted molar refractivity (Wildman–Crippen MR) is 151 cm³/mol. The zero-order valence-corrected chi connectivity index (χ0v) is 26.5. The quantitative estimate of drug-likeness (QED) is 0.207. The molecule has 3 nitrogen and oxygen atoms in total. The van der Waals surface area contributed by atoms with Crippen LogP contribution in [-0.4, -0.2) is 44.7 Å². The van der Waals surface area contributed by atoms with Crippen molar-refractivity contribution in [2.45, 2.75) is 102 Å². The SMILES string of the molecule is CCCOC1CC(C)C(C2=CC(CNC3C=C4SCC(CC(O)[I-]CC)C4CC3)CC(C)C2)C(C)C1. The van der Waals surface area contributed by atoms with Crippen molar-refractivity contribution in [1.29, 1.82) is 0 Å². The molecule has 5 heteroatoms. The molecule has 0 amide bonds. The molecule has 1 saturated heterocycles. The summed E-state index contributed by atoms with van der Waals surface area (Å²) in [7, 11) is 0. The predicted octanol–water partition coefficient (Wildman–Crippen LogP) is 3.87. The molecule has 0 aromatic rings. The average molecular weight is 631 g/mol. The number of rotatable bonds is 11. The van der Waals surface area contributed by atoms with Crippen LogP contribution in [0.15, 0.2) is 22.6 Å². The van der Waals surface area contributed by atoms with Crippen LogP contribution in [0.2, 0.25) is 0 Å². The monoisotopic (exact) mass is 630 g/mol. The number of fused-ring (bicyclic) bond motifs is 1. The van der Waals surface area contributed by atoms with Crippen LogP contribution in [0.1, 0.15) is 86.0 Å². The molecule has 0 spiro atoms. The van der Waals surface area contributed by atoms with Gasteiger partial charge in [-0.15, -0.1) is 0 Å². The van der Waals surface area contributed by atoms with Crippen molar-refractivity contribution in [3.63, 3.8) is 0 Å². The molecular weight excluding hydrogens is 577 g/mol. The Bertz CT molecular complexity index is 745. The molecule has 2 fully saturated rings. The van der Waals surface area contributed by atoms with Crippen molar-refractivity contribution in [2.75, 3.05) is 23.3 Å². The summed E-state index contributed by atoms with van der Waals surface area (Å²) in [6.45, 7) is 13.9. The van der Waals surface area contributed by atoms with E-state index >= 15 is 0 Å². The molecule has 0 radical (unpaired) electrons. The fraction of sp³-hybridized carbons (Fsp3) is 0.871. The van der Waals surface area contributed by atoms with E-state index in [0.717, 1.165) is 55.6 Å². The van der Waals surface area contributed by atoms with Crippen molar-refractivity contribution in [2.24, 2.45) is 41.4 Å². The van der Waals surface area contributed by atoms with E-state index in [1.54, 1.807) is 10.5 Å². The normalized spacial score (nSPS) is 40.0. The second-order valence-corrected chi connectivity index (χ2v) is 17.4. The zero-order valence-electron chi connectivity index (χ0n) is 23.6. The number of aliphatic hydroxyl groups is 1. The number of ether oxygens (including phenoxy) is 1. The topological polar surface area (TPSA) is 41.5 Å². The van der Waals surface area contributed by atoms with Gasteiger partial charge in [-0.1, -0.05) is 27.7 Å². The molecule has 4 aliphatic rings. The molecule has 8 unspecified atom stereocenters. The number of alkyl halides is 2. The Balaban J connectivity index is 1.31. The van der Waals surface area contributed by atoms with Crippen LogP contribution in [0.4, 0.5) is 0 Å². The Morgan fingerprint density at radius 1 is 1.11 bits per heavy atom. The Morgan fingerprint density at radius 3 is 2.61 bits per heavy atom. The Kier molecular flexibility index (Phi) is 11.6. The minimum Gasteiger partial charge on any atom is -0.0622 e. The first-order valence-electron chi connectivity index (χ1n) is 15.0. The molecule has 1 saturated carbocycles. The third-order valence-corrected chi connectivity index (χ3v) is 13.0. The summed E-state index contributed by atoms with van der Waals surface area (Å²) in [5, 5.41) is 14.4. The summed E-state index contributed by atoms with van der Waals surface area (Å²) in [6, 6.07) is 0.536.